The van der Waals surface area contributed by atoms with Gasteiger partial charge in [-0.15, -0.1) is 11.8 Å². The molecule has 0 fully saturated rings. The van der Waals surface area contributed by atoms with E-state index in [2.05, 4.69) is 10.1 Å². The number of carbonyl (C=O) groups is 1. The van der Waals surface area contributed by atoms with Gasteiger partial charge in [0.1, 0.15) is 0 Å². The minimum Gasteiger partial charge on any atom is -0.369 e. The van der Waals surface area contributed by atoms with Crippen molar-refractivity contribution in [2.45, 2.75) is 30.5 Å². The van der Waals surface area contributed by atoms with Crippen LogP contribution in [0.4, 0.5) is 13.2 Å². The fourth-order valence-corrected chi connectivity index (χ4v) is 2.74. The summed E-state index contributed by atoms with van der Waals surface area (Å²) in [5, 5.41) is 2.93. The van der Waals surface area contributed by atoms with Crippen LogP contribution in [0.1, 0.15) is 30.6 Å². The normalized spacial score (nSPS) is 14.5. The number of aromatic nitrogens is 2. The van der Waals surface area contributed by atoms with Crippen molar-refractivity contribution in [3.63, 3.8) is 0 Å². The molecule has 2 unspecified atom stereocenters. The third-order valence-electron chi connectivity index (χ3n) is 3.05. The number of amides is 1. The van der Waals surface area contributed by atoms with Crippen molar-refractivity contribution in [3.05, 3.63) is 35.7 Å². The molecule has 0 saturated heterocycles. The summed E-state index contributed by atoms with van der Waals surface area (Å²) in [6.45, 7) is 3.39. The largest absolute Gasteiger partial charge is 0.416 e. The van der Waals surface area contributed by atoms with Gasteiger partial charge in [-0.2, -0.15) is 18.2 Å². The number of alkyl halides is 3. The van der Waals surface area contributed by atoms with E-state index in [1.807, 2.05) is 0 Å². The molecule has 0 aliphatic rings. The fraction of sp³-hybridized carbons (Fsp3) is 0.357. The highest BCUT2D eigenvalue weighted by Gasteiger charge is 2.31. The Morgan fingerprint density at radius 2 is 2.04 bits per heavy atom. The number of thioether (sulfide) groups is 1. The number of rotatable bonds is 5. The number of carbonyl (C=O) groups excluding carboxylic acids is 1. The van der Waals surface area contributed by atoms with E-state index in [9.17, 15) is 18.0 Å². The number of primary amides is 1. The molecular weight excluding hydrogens is 331 g/mol. The molecule has 0 spiro atoms. The van der Waals surface area contributed by atoms with Gasteiger partial charge >= 0.3 is 6.18 Å². The number of hydrogen-bond acceptors (Lipinski definition) is 5. The minimum absolute atomic E-state index is 0.0604. The van der Waals surface area contributed by atoms with Crippen molar-refractivity contribution in [1.29, 1.82) is 0 Å². The van der Waals surface area contributed by atoms with E-state index in [0.29, 0.717) is 0 Å². The van der Waals surface area contributed by atoms with Crippen LogP contribution in [0, 0.1) is 0 Å². The average molecular weight is 345 g/mol. The summed E-state index contributed by atoms with van der Waals surface area (Å²) in [7, 11) is 0. The van der Waals surface area contributed by atoms with Crippen LogP contribution in [-0.4, -0.2) is 21.3 Å². The van der Waals surface area contributed by atoms with Crippen molar-refractivity contribution < 1.29 is 22.5 Å². The maximum atomic E-state index is 12.7. The average Bonchev–Trinajstić information content (AvgIpc) is 2.96. The Bertz CT molecular complexity index is 703. The Labute approximate surface area is 134 Å². The van der Waals surface area contributed by atoms with Crippen LogP contribution < -0.4 is 5.73 Å². The smallest absolute Gasteiger partial charge is 0.369 e. The molecule has 0 radical (unpaired) electrons. The molecule has 2 rings (SSSR count). The molecule has 2 N–H and O–H groups in total. The van der Waals surface area contributed by atoms with Gasteiger partial charge in [0.25, 0.3) is 0 Å². The summed E-state index contributed by atoms with van der Waals surface area (Å²) in [5.41, 5.74) is 4.60. The lowest BCUT2D eigenvalue weighted by molar-refractivity contribution is -0.137. The molecule has 23 heavy (non-hydrogen) atoms. The fourth-order valence-electron chi connectivity index (χ4n) is 1.78. The number of halogens is 3. The lowest BCUT2D eigenvalue weighted by Crippen LogP contribution is -2.23. The third kappa shape index (κ3) is 4.25. The summed E-state index contributed by atoms with van der Waals surface area (Å²) < 4.78 is 43.2. The van der Waals surface area contributed by atoms with Crippen LogP contribution in [0.5, 0.6) is 0 Å². The summed E-state index contributed by atoms with van der Waals surface area (Å²) in [4.78, 5) is 15.2. The van der Waals surface area contributed by atoms with E-state index < -0.39 is 22.9 Å². The van der Waals surface area contributed by atoms with E-state index in [1.165, 1.54) is 23.9 Å². The molecule has 0 saturated carbocycles. The number of nitrogens with two attached hydrogens (primary N) is 1. The number of hydrogen-bond donors (Lipinski definition) is 1. The molecular formula is C14H14F3N3O2S. The van der Waals surface area contributed by atoms with Crippen molar-refractivity contribution in [2.75, 3.05) is 0 Å². The van der Waals surface area contributed by atoms with Crippen LogP contribution in [0.15, 0.2) is 28.8 Å². The van der Waals surface area contributed by atoms with Gasteiger partial charge in [0.2, 0.25) is 17.6 Å². The molecule has 1 aromatic carbocycles. The molecule has 1 aromatic heterocycles. The quantitative estimate of drug-likeness (QED) is 0.898. The zero-order valence-electron chi connectivity index (χ0n) is 12.3. The van der Waals surface area contributed by atoms with Crippen molar-refractivity contribution in [3.8, 4) is 11.4 Å². The summed E-state index contributed by atoms with van der Waals surface area (Å²) in [5.74, 6) is -0.194. The summed E-state index contributed by atoms with van der Waals surface area (Å²) in [6.07, 6.45) is -4.44. The van der Waals surface area contributed by atoms with Crippen molar-refractivity contribution in [1.82, 2.24) is 10.1 Å². The molecule has 124 valence electrons. The molecule has 0 bridgehead atoms. The first kappa shape index (κ1) is 17.3. The number of nitrogens with zero attached hydrogens (tertiary/aromatic N) is 2. The van der Waals surface area contributed by atoms with Crippen molar-refractivity contribution in [2.24, 2.45) is 5.73 Å². The van der Waals surface area contributed by atoms with Gasteiger partial charge in [-0.05, 0) is 26.0 Å². The summed E-state index contributed by atoms with van der Waals surface area (Å²) >= 11 is 1.23. The van der Waals surface area contributed by atoms with Crippen LogP contribution >= 0.6 is 11.8 Å². The van der Waals surface area contributed by atoms with Gasteiger partial charge in [0.15, 0.2) is 0 Å². The highest BCUT2D eigenvalue weighted by Crippen LogP contribution is 2.33. The zero-order valence-corrected chi connectivity index (χ0v) is 13.1. The highest BCUT2D eigenvalue weighted by molar-refractivity contribution is 8.00. The molecule has 0 aliphatic heterocycles. The molecule has 1 heterocycles. The maximum Gasteiger partial charge on any atom is 0.416 e. The molecule has 1 amide bonds. The van der Waals surface area contributed by atoms with E-state index in [4.69, 9.17) is 10.3 Å². The topological polar surface area (TPSA) is 82.0 Å². The van der Waals surface area contributed by atoms with Crippen LogP contribution in [0.3, 0.4) is 0 Å². The first-order valence-electron chi connectivity index (χ1n) is 6.64. The van der Waals surface area contributed by atoms with Gasteiger partial charge in [-0.1, -0.05) is 17.3 Å². The second-order valence-electron chi connectivity index (χ2n) is 4.86. The molecule has 5 nitrogen and oxygen atoms in total. The Morgan fingerprint density at radius 1 is 1.35 bits per heavy atom. The second-order valence-corrected chi connectivity index (χ2v) is 6.54. The highest BCUT2D eigenvalue weighted by atomic mass is 32.2. The SMILES string of the molecule is CC(SC(C)c1nc(-c2cccc(C(F)(F)F)c2)no1)C(N)=O. The Morgan fingerprint density at radius 3 is 2.65 bits per heavy atom. The third-order valence-corrected chi connectivity index (χ3v) is 4.30. The molecule has 0 aliphatic carbocycles. The van der Waals surface area contributed by atoms with E-state index >= 15 is 0 Å². The van der Waals surface area contributed by atoms with E-state index in [1.54, 1.807) is 13.8 Å². The monoisotopic (exact) mass is 345 g/mol. The van der Waals surface area contributed by atoms with Gasteiger partial charge in [0.05, 0.1) is 16.1 Å². The van der Waals surface area contributed by atoms with Gasteiger partial charge in [0, 0.05) is 5.56 Å². The van der Waals surface area contributed by atoms with Crippen LogP contribution in [0.2, 0.25) is 0 Å². The maximum absolute atomic E-state index is 12.7. The van der Waals surface area contributed by atoms with E-state index in [0.717, 1.165) is 12.1 Å². The van der Waals surface area contributed by atoms with Crippen LogP contribution in [-0.2, 0) is 11.0 Å². The first-order chi connectivity index (χ1) is 10.7. The summed E-state index contributed by atoms with van der Waals surface area (Å²) in [6, 6.07) is 4.67. The molecule has 2 aromatic rings. The lowest BCUT2D eigenvalue weighted by Gasteiger charge is -2.10. The van der Waals surface area contributed by atoms with Gasteiger partial charge < -0.3 is 10.3 Å². The predicted octanol–water partition coefficient (Wildman–Crippen LogP) is 3.42. The molecule has 9 heteroatoms. The zero-order chi connectivity index (χ0) is 17.2. The first-order valence-corrected chi connectivity index (χ1v) is 7.58. The van der Waals surface area contributed by atoms with E-state index in [-0.39, 0.29) is 22.5 Å². The number of benzene rings is 1. The Balaban J connectivity index is 2.21. The second kappa shape index (κ2) is 6.61. The minimum atomic E-state index is -4.44. The Kier molecular flexibility index (Phi) is 4.98. The standard InChI is InChI=1S/C14H14F3N3O2S/c1-7(11(18)21)23-8(2)13-19-12(20-22-13)9-4-3-5-10(6-9)14(15,16)17/h3-8H,1-2H3,(H2,18,21). The van der Waals surface area contributed by atoms with Gasteiger partial charge in [-0.25, -0.2) is 0 Å². The lowest BCUT2D eigenvalue weighted by atomic mass is 10.1. The van der Waals surface area contributed by atoms with Crippen LogP contribution in [0.25, 0.3) is 11.4 Å². The van der Waals surface area contributed by atoms with Crippen molar-refractivity contribution >= 4 is 17.7 Å². The predicted molar refractivity (Wildman–Crippen MR) is 79.4 cm³/mol. The van der Waals surface area contributed by atoms with Gasteiger partial charge in [-0.3, -0.25) is 4.79 Å². The Hall–Kier alpha value is -2.03. The molecule has 2 atom stereocenters.